The largest absolute Gasteiger partial charge is 0.469 e. The van der Waals surface area contributed by atoms with E-state index in [1.54, 1.807) is 6.07 Å². The molecule has 1 rings (SSSR count). The minimum absolute atomic E-state index is 0.201. The Kier molecular flexibility index (Phi) is 5.21. The predicted molar refractivity (Wildman–Crippen MR) is 64.1 cm³/mol. The van der Waals surface area contributed by atoms with E-state index in [0.717, 1.165) is 0 Å². The highest BCUT2D eigenvalue weighted by molar-refractivity contribution is 6.36. The van der Waals surface area contributed by atoms with E-state index in [0.29, 0.717) is 0 Å². The maximum absolute atomic E-state index is 11.0. The molecule has 0 saturated carbocycles. The molecule has 0 bridgehead atoms. The van der Waals surface area contributed by atoms with Crippen LogP contribution in [0.4, 0.5) is 0 Å². The van der Waals surface area contributed by atoms with Crippen molar-refractivity contribution in [2.24, 2.45) is 0 Å². The van der Waals surface area contributed by atoms with Gasteiger partial charge in [-0.15, -0.1) is 0 Å². The van der Waals surface area contributed by atoms with Crippen LogP contribution in [0.2, 0.25) is 10.0 Å². The van der Waals surface area contributed by atoms with Gasteiger partial charge in [0.05, 0.1) is 19.6 Å². The topological polar surface area (TPSA) is 66.8 Å². The third-order valence-electron chi connectivity index (χ3n) is 2.26. The molecule has 0 aliphatic rings. The molecular formula is C11H12Cl2O4. The molecular weight excluding hydrogens is 267 g/mol. The highest BCUT2D eigenvalue weighted by Crippen LogP contribution is 2.32. The smallest absolute Gasteiger partial charge is 0.308 e. The van der Waals surface area contributed by atoms with Gasteiger partial charge in [-0.25, -0.2) is 0 Å². The summed E-state index contributed by atoms with van der Waals surface area (Å²) in [6.07, 6.45) is -2.99. The van der Waals surface area contributed by atoms with Gasteiger partial charge >= 0.3 is 5.97 Å². The second-order valence-corrected chi connectivity index (χ2v) is 4.24. The number of esters is 1. The van der Waals surface area contributed by atoms with Crippen molar-refractivity contribution < 1.29 is 19.7 Å². The van der Waals surface area contributed by atoms with Crippen LogP contribution >= 0.6 is 23.2 Å². The summed E-state index contributed by atoms with van der Waals surface area (Å²) in [4.78, 5) is 11.0. The quantitative estimate of drug-likeness (QED) is 0.827. The fourth-order valence-electron chi connectivity index (χ4n) is 1.35. The number of benzene rings is 1. The second kappa shape index (κ2) is 6.21. The first kappa shape index (κ1) is 14.3. The number of hydrogen-bond acceptors (Lipinski definition) is 4. The minimum atomic E-state index is -1.34. The van der Waals surface area contributed by atoms with Crippen LogP contribution in [0.3, 0.4) is 0 Å². The molecule has 2 N–H and O–H groups in total. The van der Waals surface area contributed by atoms with Gasteiger partial charge in [0.1, 0.15) is 6.10 Å². The fraction of sp³-hybridized carbons (Fsp3) is 0.364. The van der Waals surface area contributed by atoms with Gasteiger partial charge in [-0.3, -0.25) is 4.79 Å². The van der Waals surface area contributed by atoms with Gasteiger partial charge < -0.3 is 14.9 Å². The van der Waals surface area contributed by atoms with Crippen molar-refractivity contribution in [1.29, 1.82) is 0 Å². The first-order valence-electron chi connectivity index (χ1n) is 4.84. The molecule has 0 aliphatic carbocycles. The Balaban J connectivity index is 2.88. The van der Waals surface area contributed by atoms with E-state index in [9.17, 15) is 15.0 Å². The van der Waals surface area contributed by atoms with Crippen LogP contribution in [-0.2, 0) is 9.53 Å². The Morgan fingerprint density at radius 1 is 1.35 bits per heavy atom. The number of ether oxygens (including phenoxy) is 1. The number of carbonyl (C=O) groups excluding carboxylic acids is 1. The maximum Gasteiger partial charge on any atom is 0.308 e. The first-order chi connectivity index (χ1) is 7.97. The van der Waals surface area contributed by atoms with Crippen LogP contribution in [0.15, 0.2) is 18.2 Å². The van der Waals surface area contributed by atoms with Crippen molar-refractivity contribution >= 4 is 29.2 Å². The van der Waals surface area contributed by atoms with Crippen LogP contribution in [0.25, 0.3) is 0 Å². The summed E-state index contributed by atoms with van der Waals surface area (Å²) < 4.78 is 4.39. The number of aliphatic hydroxyl groups is 2. The molecule has 6 heteroatoms. The van der Waals surface area contributed by atoms with E-state index in [4.69, 9.17) is 23.2 Å². The summed E-state index contributed by atoms with van der Waals surface area (Å²) >= 11 is 11.7. The van der Waals surface area contributed by atoms with Crippen LogP contribution in [0, 0.1) is 0 Å². The van der Waals surface area contributed by atoms with Gasteiger partial charge in [0.2, 0.25) is 0 Å². The van der Waals surface area contributed by atoms with Gasteiger partial charge in [-0.05, 0) is 12.1 Å². The van der Waals surface area contributed by atoms with Gasteiger partial charge in [0.25, 0.3) is 0 Å². The lowest BCUT2D eigenvalue weighted by Crippen LogP contribution is -2.23. The molecule has 0 aliphatic heterocycles. The van der Waals surface area contributed by atoms with Gasteiger partial charge in [0, 0.05) is 15.6 Å². The SMILES string of the molecule is COC(=O)CC(O)C(O)c1c(Cl)cccc1Cl. The number of halogens is 2. The molecule has 4 nitrogen and oxygen atoms in total. The second-order valence-electron chi connectivity index (χ2n) is 3.43. The van der Waals surface area contributed by atoms with Gasteiger partial charge in [0.15, 0.2) is 0 Å². The molecule has 17 heavy (non-hydrogen) atoms. The molecule has 0 heterocycles. The summed E-state index contributed by atoms with van der Waals surface area (Å²) in [7, 11) is 1.20. The Morgan fingerprint density at radius 2 is 1.88 bits per heavy atom. The van der Waals surface area contributed by atoms with E-state index in [1.807, 2.05) is 0 Å². The lowest BCUT2D eigenvalue weighted by molar-refractivity contribution is -0.144. The molecule has 0 fully saturated rings. The van der Waals surface area contributed by atoms with Crippen molar-refractivity contribution in [2.75, 3.05) is 7.11 Å². The third kappa shape index (κ3) is 3.57. The fourth-order valence-corrected chi connectivity index (χ4v) is 1.97. The highest BCUT2D eigenvalue weighted by atomic mass is 35.5. The van der Waals surface area contributed by atoms with Crippen molar-refractivity contribution in [1.82, 2.24) is 0 Å². The van der Waals surface area contributed by atoms with Gasteiger partial charge in [-0.2, -0.15) is 0 Å². The molecule has 94 valence electrons. The van der Waals surface area contributed by atoms with E-state index in [-0.39, 0.29) is 22.0 Å². The Bertz CT molecular complexity index is 388. The number of methoxy groups -OCH3 is 1. The lowest BCUT2D eigenvalue weighted by Gasteiger charge is -2.19. The van der Waals surface area contributed by atoms with E-state index in [1.165, 1.54) is 19.2 Å². The number of carbonyl (C=O) groups is 1. The Morgan fingerprint density at radius 3 is 2.35 bits per heavy atom. The van der Waals surface area contributed by atoms with Gasteiger partial charge in [-0.1, -0.05) is 29.3 Å². The maximum atomic E-state index is 11.0. The molecule has 1 aromatic carbocycles. The molecule has 0 aromatic heterocycles. The summed E-state index contributed by atoms with van der Waals surface area (Å²) in [5.41, 5.74) is 0.201. The van der Waals surface area contributed by atoms with Crippen molar-refractivity contribution in [3.63, 3.8) is 0 Å². The van der Waals surface area contributed by atoms with Crippen molar-refractivity contribution in [2.45, 2.75) is 18.6 Å². The summed E-state index contributed by atoms with van der Waals surface area (Å²) in [6, 6.07) is 4.70. The van der Waals surface area contributed by atoms with Crippen LogP contribution in [-0.4, -0.2) is 29.4 Å². The van der Waals surface area contributed by atoms with Crippen LogP contribution in [0.1, 0.15) is 18.1 Å². The van der Waals surface area contributed by atoms with Crippen molar-refractivity contribution in [3.8, 4) is 0 Å². The van der Waals surface area contributed by atoms with E-state index in [2.05, 4.69) is 4.74 Å². The van der Waals surface area contributed by atoms with Crippen LogP contribution < -0.4 is 0 Å². The number of hydrogen-bond donors (Lipinski definition) is 2. The Hall–Kier alpha value is -0.810. The molecule has 2 atom stereocenters. The highest BCUT2D eigenvalue weighted by Gasteiger charge is 2.25. The molecule has 0 spiro atoms. The summed E-state index contributed by atoms with van der Waals surface area (Å²) in [5.74, 6) is -0.625. The first-order valence-corrected chi connectivity index (χ1v) is 5.59. The minimum Gasteiger partial charge on any atom is -0.469 e. The number of rotatable bonds is 4. The Labute approximate surface area is 109 Å². The predicted octanol–water partition coefficient (Wildman–Crippen LogP) is 1.95. The summed E-state index contributed by atoms with van der Waals surface area (Å²) in [6.45, 7) is 0. The normalized spacial score (nSPS) is 14.2. The molecule has 0 saturated heterocycles. The zero-order chi connectivity index (χ0) is 13.0. The third-order valence-corrected chi connectivity index (χ3v) is 2.92. The number of aliphatic hydroxyl groups excluding tert-OH is 2. The van der Waals surface area contributed by atoms with E-state index < -0.39 is 18.2 Å². The molecule has 0 amide bonds. The monoisotopic (exact) mass is 278 g/mol. The van der Waals surface area contributed by atoms with Crippen LogP contribution in [0.5, 0.6) is 0 Å². The zero-order valence-electron chi connectivity index (χ0n) is 9.06. The molecule has 2 unspecified atom stereocenters. The van der Waals surface area contributed by atoms with Crippen molar-refractivity contribution in [3.05, 3.63) is 33.8 Å². The average molecular weight is 279 g/mol. The molecule has 1 aromatic rings. The zero-order valence-corrected chi connectivity index (χ0v) is 10.6. The average Bonchev–Trinajstić information content (AvgIpc) is 2.28. The lowest BCUT2D eigenvalue weighted by atomic mass is 10.0. The standard InChI is InChI=1S/C11H12Cl2O4/c1-17-9(15)5-8(14)11(16)10-6(12)3-2-4-7(10)13/h2-4,8,11,14,16H,5H2,1H3. The summed E-state index contributed by atoms with van der Waals surface area (Å²) in [5, 5.41) is 20.0. The molecule has 0 radical (unpaired) electrons. The van der Waals surface area contributed by atoms with E-state index >= 15 is 0 Å².